The van der Waals surface area contributed by atoms with Gasteiger partial charge in [0.25, 0.3) is 0 Å². The van der Waals surface area contributed by atoms with Gasteiger partial charge in [-0.1, -0.05) is 25.0 Å². The molecule has 180 valence electrons. The van der Waals surface area contributed by atoms with E-state index in [4.69, 9.17) is 4.42 Å². The van der Waals surface area contributed by atoms with Gasteiger partial charge in [0, 0.05) is 31.7 Å². The Balaban J connectivity index is 0.00000306. The maximum absolute atomic E-state index is 12.2. The summed E-state index contributed by atoms with van der Waals surface area (Å²) in [6.07, 6.45) is 8.69. The molecule has 1 atom stereocenters. The lowest BCUT2D eigenvalue weighted by molar-refractivity contribution is -0.122. The largest absolute Gasteiger partial charge is 0.468 e. The van der Waals surface area contributed by atoms with Gasteiger partial charge >= 0.3 is 0 Å². The fraction of sp³-hybridized carbons (Fsp3) is 0.520. The van der Waals surface area contributed by atoms with E-state index in [1.807, 2.05) is 24.3 Å². The lowest BCUT2D eigenvalue weighted by Gasteiger charge is -2.33. The highest BCUT2D eigenvalue weighted by Gasteiger charge is 2.26. The SMILES string of the molecule is CN=C(NCc1cccc(NC(=O)C2CCC2)c1)NCC(c1ccco1)N1CCCCC1.I. The summed E-state index contributed by atoms with van der Waals surface area (Å²) < 4.78 is 5.74. The van der Waals surface area contributed by atoms with Crippen molar-refractivity contribution < 1.29 is 9.21 Å². The second-order valence-corrected chi connectivity index (χ2v) is 8.75. The zero-order valence-electron chi connectivity index (χ0n) is 19.4. The van der Waals surface area contributed by atoms with Crippen LogP contribution < -0.4 is 16.0 Å². The number of anilines is 1. The number of benzene rings is 1. The van der Waals surface area contributed by atoms with E-state index in [2.05, 4.69) is 38.0 Å². The number of guanidine groups is 1. The molecule has 1 aromatic carbocycles. The van der Waals surface area contributed by atoms with Gasteiger partial charge in [-0.05, 0) is 68.6 Å². The maximum atomic E-state index is 12.2. The van der Waals surface area contributed by atoms with Crippen molar-refractivity contribution in [2.75, 3.05) is 32.0 Å². The van der Waals surface area contributed by atoms with E-state index < -0.39 is 0 Å². The van der Waals surface area contributed by atoms with E-state index in [0.29, 0.717) is 6.54 Å². The molecular weight excluding hydrogens is 529 g/mol. The third-order valence-electron chi connectivity index (χ3n) is 6.52. The summed E-state index contributed by atoms with van der Waals surface area (Å²) in [6, 6.07) is 12.2. The molecule has 3 N–H and O–H groups in total. The molecule has 2 heterocycles. The number of nitrogens with one attached hydrogen (secondary N) is 3. The quantitative estimate of drug-likeness (QED) is 0.249. The first-order chi connectivity index (χ1) is 15.7. The molecule has 1 amide bonds. The second-order valence-electron chi connectivity index (χ2n) is 8.75. The van der Waals surface area contributed by atoms with Crippen molar-refractivity contribution in [3.05, 3.63) is 54.0 Å². The van der Waals surface area contributed by atoms with Crippen LogP contribution in [0, 0.1) is 5.92 Å². The number of halogens is 1. The van der Waals surface area contributed by atoms with Crippen LogP contribution >= 0.6 is 24.0 Å². The van der Waals surface area contributed by atoms with Crippen LogP contribution in [0.5, 0.6) is 0 Å². The minimum absolute atomic E-state index is 0. The first-order valence-electron chi connectivity index (χ1n) is 11.8. The number of aliphatic imine (C=N–C) groups is 1. The Morgan fingerprint density at radius 2 is 1.94 bits per heavy atom. The molecule has 0 bridgehead atoms. The molecule has 8 heteroatoms. The number of hydrogen-bond acceptors (Lipinski definition) is 4. The van der Waals surface area contributed by atoms with E-state index in [1.54, 1.807) is 13.3 Å². The zero-order valence-corrected chi connectivity index (χ0v) is 21.7. The molecule has 2 fully saturated rings. The van der Waals surface area contributed by atoms with E-state index in [9.17, 15) is 4.79 Å². The fourth-order valence-electron chi connectivity index (χ4n) is 4.39. The van der Waals surface area contributed by atoms with Crippen LogP contribution in [0.2, 0.25) is 0 Å². The van der Waals surface area contributed by atoms with Crippen LogP contribution in [0.3, 0.4) is 0 Å². The van der Waals surface area contributed by atoms with Gasteiger partial charge in [0.1, 0.15) is 5.76 Å². The monoisotopic (exact) mass is 565 g/mol. The topological polar surface area (TPSA) is 81.9 Å². The fourth-order valence-corrected chi connectivity index (χ4v) is 4.39. The van der Waals surface area contributed by atoms with Crippen molar-refractivity contribution >= 4 is 41.5 Å². The van der Waals surface area contributed by atoms with Gasteiger partial charge in [0.15, 0.2) is 5.96 Å². The smallest absolute Gasteiger partial charge is 0.227 e. The molecule has 1 saturated carbocycles. The molecule has 1 saturated heterocycles. The van der Waals surface area contributed by atoms with Crippen molar-refractivity contribution in [2.24, 2.45) is 10.9 Å². The summed E-state index contributed by atoms with van der Waals surface area (Å²) in [4.78, 5) is 19.1. The van der Waals surface area contributed by atoms with Crippen LogP contribution in [0.4, 0.5) is 5.69 Å². The Labute approximate surface area is 213 Å². The number of furan rings is 1. The molecule has 33 heavy (non-hydrogen) atoms. The molecule has 7 nitrogen and oxygen atoms in total. The highest BCUT2D eigenvalue weighted by atomic mass is 127. The molecular formula is C25H36IN5O2. The molecule has 1 aromatic heterocycles. The zero-order chi connectivity index (χ0) is 22.2. The number of hydrogen-bond donors (Lipinski definition) is 3. The van der Waals surface area contributed by atoms with E-state index in [-0.39, 0.29) is 41.8 Å². The van der Waals surface area contributed by atoms with E-state index >= 15 is 0 Å². The first kappa shape index (κ1) is 25.6. The summed E-state index contributed by atoms with van der Waals surface area (Å²) in [7, 11) is 1.79. The highest BCUT2D eigenvalue weighted by molar-refractivity contribution is 14.0. The Morgan fingerprint density at radius 1 is 1.12 bits per heavy atom. The van der Waals surface area contributed by atoms with Crippen molar-refractivity contribution in [2.45, 2.75) is 51.1 Å². The van der Waals surface area contributed by atoms with Crippen molar-refractivity contribution in [3.8, 4) is 0 Å². The number of carbonyl (C=O) groups is 1. The van der Waals surface area contributed by atoms with Crippen LogP contribution in [0.15, 0.2) is 52.1 Å². The first-order valence-corrected chi connectivity index (χ1v) is 11.8. The van der Waals surface area contributed by atoms with Crippen molar-refractivity contribution in [3.63, 3.8) is 0 Å². The molecule has 4 rings (SSSR count). The third kappa shape index (κ3) is 7.20. The molecule has 1 aliphatic carbocycles. The van der Waals surface area contributed by atoms with Gasteiger partial charge in [-0.2, -0.15) is 0 Å². The number of carbonyl (C=O) groups excluding carboxylic acids is 1. The number of rotatable bonds is 8. The molecule has 2 aliphatic rings. The van der Waals surface area contributed by atoms with Gasteiger partial charge < -0.3 is 20.4 Å². The lowest BCUT2D eigenvalue weighted by atomic mass is 9.85. The number of likely N-dealkylation sites (tertiary alicyclic amines) is 1. The van der Waals surface area contributed by atoms with E-state index in [1.165, 1.54) is 19.3 Å². The minimum Gasteiger partial charge on any atom is -0.468 e. The van der Waals surface area contributed by atoms with Crippen LogP contribution in [0.25, 0.3) is 0 Å². The lowest BCUT2D eigenvalue weighted by Crippen LogP contribution is -2.44. The average molecular weight is 566 g/mol. The summed E-state index contributed by atoms with van der Waals surface area (Å²) in [5.41, 5.74) is 1.95. The molecule has 1 aliphatic heterocycles. The van der Waals surface area contributed by atoms with E-state index in [0.717, 1.165) is 61.9 Å². The Hall–Kier alpha value is -2.07. The van der Waals surface area contributed by atoms with Gasteiger partial charge in [-0.15, -0.1) is 24.0 Å². The number of piperidine rings is 1. The van der Waals surface area contributed by atoms with Crippen LogP contribution in [-0.4, -0.2) is 43.4 Å². The normalized spacial score (nSPS) is 18.0. The molecule has 0 spiro atoms. The van der Waals surface area contributed by atoms with Crippen LogP contribution in [0.1, 0.15) is 55.9 Å². The predicted octanol–water partition coefficient (Wildman–Crippen LogP) is 4.53. The van der Waals surface area contributed by atoms with Crippen LogP contribution in [-0.2, 0) is 11.3 Å². The van der Waals surface area contributed by atoms with Gasteiger partial charge in [0.05, 0.1) is 12.3 Å². The molecule has 0 radical (unpaired) electrons. The Kier molecular flexibility index (Phi) is 10.1. The molecule has 2 aromatic rings. The Morgan fingerprint density at radius 3 is 2.61 bits per heavy atom. The number of amides is 1. The average Bonchev–Trinajstić information content (AvgIpc) is 3.30. The number of nitrogens with zero attached hydrogens (tertiary/aromatic N) is 2. The summed E-state index contributed by atoms with van der Waals surface area (Å²) in [6.45, 7) is 3.55. The van der Waals surface area contributed by atoms with Gasteiger partial charge in [-0.25, -0.2) is 0 Å². The summed E-state index contributed by atoms with van der Waals surface area (Å²) in [5, 5.41) is 9.91. The van der Waals surface area contributed by atoms with Gasteiger partial charge in [0.2, 0.25) is 5.91 Å². The van der Waals surface area contributed by atoms with Crippen molar-refractivity contribution in [1.82, 2.24) is 15.5 Å². The summed E-state index contributed by atoms with van der Waals surface area (Å²) in [5.74, 6) is 2.06. The predicted molar refractivity (Wildman–Crippen MR) is 143 cm³/mol. The van der Waals surface area contributed by atoms with Gasteiger partial charge in [-0.3, -0.25) is 14.7 Å². The minimum atomic E-state index is 0. The second kappa shape index (κ2) is 13.0. The molecule has 1 unspecified atom stereocenters. The summed E-state index contributed by atoms with van der Waals surface area (Å²) >= 11 is 0. The standard InChI is InChI=1S/C25H35N5O2.HI/c1-26-25(28-18-22(23-12-7-15-32-23)30-13-3-2-4-14-30)27-17-19-8-5-11-21(16-19)29-24(31)20-9-6-10-20;/h5,7-8,11-12,15-16,20,22H,2-4,6,9-10,13-14,17-18H2,1H3,(H,29,31)(H2,26,27,28);1H. The third-order valence-corrected chi connectivity index (χ3v) is 6.52. The Bertz CT molecular complexity index is 892. The maximum Gasteiger partial charge on any atom is 0.227 e. The highest BCUT2D eigenvalue weighted by Crippen LogP contribution is 2.28. The van der Waals surface area contributed by atoms with Crippen molar-refractivity contribution in [1.29, 1.82) is 0 Å².